The van der Waals surface area contributed by atoms with Crippen molar-refractivity contribution in [2.45, 2.75) is 13.8 Å². The predicted molar refractivity (Wildman–Crippen MR) is 132 cm³/mol. The molecule has 0 saturated heterocycles. The number of ketones is 1. The van der Waals surface area contributed by atoms with E-state index in [1.54, 1.807) is 22.6 Å². The Labute approximate surface area is 212 Å². The Morgan fingerprint density at radius 2 is 1.55 bits per heavy atom. The molecule has 0 aliphatic rings. The molecule has 29 heavy (non-hydrogen) atoms. The zero-order valence-electron chi connectivity index (χ0n) is 15.3. The van der Waals surface area contributed by atoms with E-state index in [2.05, 4.69) is 11.9 Å². The third-order valence-electron chi connectivity index (χ3n) is 3.52. The Morgan fingerprint density at radius 1 is 1.03 bits per heavy atom. The van der Waals surface area contributed by atoms with Gasteiger partial charge in [-0.1, -0.05) is 6.58 Å². The second-order valence-corrected chi connectivity index (χ2v) is 9.12. The van der Waals surface area contributed by atoms with E-state index in [-0.39, 0.29) is 26.1 Å². The van der Waals surface area contributed by atoms with Crippen LogP contribution >= 0.6 is 79.4 Å². The molecule has 0 bridgehead atoms. The summed E-state index contributed by atoms with van der Waals surface area (Å²) in [5.41, 5.74) is 0.209. The van der Waals surface area contributed by atoms with Crippen LogP contribution in [0.1, 0.15) is 34.6 Å². The molecule has 8 nitrogen and oxygen atoms in total. The van der Waals surface area contributed by atoms with E-state index in [0.29, 0.717) is 7.14 Å². The molecule has 1 aromatic carbocycles. The number of ether oxygens (including phenoxy) is 1. The van der Waals surface area contributed by atoms with Crippen molar-refractivity contribution in [2.24, 2.45) is 0 Å². The van der Waals surface area contributed by atoms with E-state index >= 15 is 0 Å². The number of hydrogen-bond donors (Lipinski definition) is 1. The Balaban J connectivity index is 3.64. The Hall–Kier alpha value is -0.810. The van der Waals surface area contributed by atoms with E-state index in [1.165, 1.54) is 25.8 Å². The van der Waals surface area contributed by atoms with E-state index in [1.807, 2.05) is 45.2 Å². The second-order valence-electron chi connectivity index (χ2n) is 5.54. The average Bonchev–Trinajstić information content (AvgIpc) is 2.58. The molecule has 0 radical (unpaired) electrons. The summed E-state index contributed by atoms with van der Waals surface area (Å²) in [6.07, 6.45) is 0. The molecule has 0 atom stereocenters. The van der Waals surface area contributed by atoms with Crippen LogP contribution in [0.3, 0.4) is 0 Å². The highest BCUT2D eigenvalue weighted by Crippen LogP contribution is 2.38. The number of amides is 2. The molecule has 0 aliphatic heterocycles. The summed E-state index contributed by atoms with van der Waals surface area (Å²) in [5.74, 6) is -2.32. The number of carbonyl (C=O) groups excluding carboxylic acids is 5. The van der Waals surface area contributed by atoms with Gasteiger partial charge in [0.05, 0.1) is 29.7 Å². The fourth-order valence-corrected chi connectivity index (χ4v) is 7.37. The Morgan fingerprint density at radius 3 is 2.00 bits per heavy atom. The first-order valence-corrected chi connectivity index (χ1v) is 11.2. The van der Waals surface area contributed by atoms with Gasteiger partial charge >= 0.3 is 5.97 Å². The summed E-state index contributed by atoms with van der Waals surface area (Å²) in [7, 11) is 1.41. The number of anilines is 1. The average molecular weight is 758 g/mol. The lowest BCUT2D eigenvalue weighted by Crippen LogP contribution is -2.34. The predicted octanol–water partition coefficient (Wildman–Crippen LogP) is 3.24. The molecule has 0 aromatic heterocycles. The minimum atomic E-state index is -0.822. The van der Waals surface area contributed by atoms with Crippen LogP contribution in [-0.2, 0) is 19.1 Å². The van der Waals surface area contributed by atoms with Crippen molar-refractivity contribution in [3.8, 4) is 0 Å². The summed E-state index contributed by atoms with van der Waals surface area (Å²) in [6.45, 7) is 5.38. The maximum absolute atomic E-state index is 12.8. The number of halogens is 4. The van der Waals surface area contributed by atoms with Gasteiger partial charge in [-0.2, -0.15) is 0 Å². The SMILES string of the molecule is C=C(NC(=O)c1c(I)c(C(=O)Cl)c(I)c(N(C)C(=O)COC(C)=O)c1I)C(C)=O. The van der Waals surface area contributed by atoms with Gasteiger partial charge < -0.3 is 15.0 Å². The van der Waals surface area contributed by atoms with Gasteiger partial charge in [0.1, 0.15) is 0 Å². The molecule has 156 valence electrons. The van der Waals surface area contributed by atoms with E-state index in [9.17, 15) is 24.0 Å². The lowest BCUT2D eigenvalue weighted by atomic mass is 10.1. The fraction of sp³-hybridized carbons (Fsp3) is 0.235. The van der Waals surface area contributed by atoms with Crippen molar-refractivity contribution in [2.75, 3.05) is 18.6 Å². The molecule has 0 saturated carbocycles. The molecule has 2 amide bonds. The van der Waals surface area contributed by atoms with Crippen LogP contribution in [0.25, 0.3) is 0 Å². The normalized spacial score (nSPS) is 10.2. The van der Waals surface area contributed by atoms with E-state index in [4.69, 9.17) is 16.3 Å². The number of carbonyl (C=O) groups is 5. The highest BCUT2D eigenvalue weighted by molar-refractivity contribution is 14.1. The number of nitrogens with one attached hydrogen (secondary N) is 1. The lowest BCUT2D eigenvalue weighted by Gasteiger charge is -2.24. The van der Waals surface area contributed by atoms with Gasteiger partial charge in [0.25, 0.3) is 17.1 Å². The number of allylic oxidation sites excluding steroid dienone is 1. The molecular weight excluding hydrogens is 744 g/mol. The molecule has 1 N–H and O–H groups in total. The van der Waals surface area contributed by atoms with Gasteiger partial charge in [-0.25, -0.2) is 0 Å². The number of Topliss-reactive ketones (excluding diaryl/α,β-unsaturated/α-hetero) is 1. The van der Waals surface area contributed by atoms with Gasteiger partial charge in [0.2, 0.25) is 0 Å². The fourth-order valence-electron chi connectivity index (χ4n) is 1.99. The van der Waals surface area contributed by atoms with Crippen molar-refractivity contribution in [1.29, 1.82) is 0 Å². The standard InChI is InChI=1S/C17H14ClI3N2O6/c1-6(7(2)24)22-17(28)11-12(19)10(16(18)27)13(20)15(14(11)21)23(4)9(26)5-29-8(3)25/h1,5H2,2-4H3,(H,22,28). The third kappa shape index (κ3) is 6.33. The molecular formula is C17H14ClI3N2O6. The topological polar surface area (TPSA) is 110 Å². The van der Waals surface area contributed by atoms with Gasteiger partial charge in [0, 0.05) is 24.5 Å². The second kappa shape index (κ2) is 11.0. The molecule has 1 rings (SSSR count). The third-order valence-corrected chi connectivity index (χ3v) is 6.88. The summed E-state index contributed by atoms with van der Waals surface area (Å²) in [4.78, 5) is 60.8. The van der Waals surface area contributed by atoms with Crippen LogP contribution in [-0.4, -0.2) is 42.5 Å². The van der Waals surface area contributed by atoms with Crippen LogP contribution in [0.4, 0.5) is 5.69 Å². The van der Waals surface area contributed by atoms with Crippen LogP contribution in [0, 0.1) is 10.7 Å². The highest BCUT2D eigenvalue weighted by atomic mass is 127. The van der Waals surface area contributed by atoms with Crippen LogP contribution in [0.2, 0.25) is 0 Å². The molecule has 0 aliphatic carbocycles. The van der Waals surface area contributed by atoms with Crippen molar-refractivity contribution in [3.05, 3.63) is 34.1 Å². The number of esters is 1. The number of hydrogen-bond acceptors (Lipinski definition) is 6. The monoisotopic (exact) mass is 758 g/mol. The molecule has 1 aromatic rings. The molecule has 0 heterocycles. The Kier molecular flexibility index (Phi) is 9.94. The van der Waals surface area contributed by atoms with Crippen molar-refractivity contribution in [3.63, 3.8) is 0 Å². The van der Waals surface area contributed by atoms with Gasteiger partial charge in [0.15, 0.2) is 12.4 Å². The zero-order chi connectivity index (χ0) is 22.6. The minimum Gasteiger partial charge on any atom is -0.456 e. The molecule has 0 spiro atoms. The first-order valence-electron chi connectivity index (χ1n) is 7.62. The molecule has 0 unspecified atom stereocenters. The maximum atomic E-state index is 12.8. The van der Waals surface area contributed by atoms with E-state index < -0.39 is 35.4 Å². The number of rotatable bonds is 7. The minimum absolute atomic E-state index is 0.0361. The largest absolute Gasteiger partial charge is 0.456 e. The number of benzene rings is 1. The van der Waals surface area contributed by atoms with Crippen molar-refractivity contribution >= 4 is 114 Å². The summed E-state index contributed by atoms with van der Waals surface area (Å²) in [5, 5.41) is 1.55. The van der Waals surface area contributed by atoms with Gasteiger partial charge in [-0.05, 0) is 79.4 Å². The van der Waals surface area contributed by atoms with Crippen LogP contribution < -0.4 is 10.2 Å². The highest BCUT2D eigenvalue weighted by Gasteiger charge is 2.30. The van der Waals surface area contributed by atoms with Gasteiger partial charge in [-0.15, -0.1) is 0 Å². The number of nitrogens with zero attached hydrogens (tertiary/aromatic N) is 1. The van der Waals surface area contributed by atoms with Crippen LogP contribution in [0.15, 0.2) is 12.3 Å². The van der Waals surface area contributed by atoms with Crippen LogP contribution in [0.5, 0.6) is 0 Å². The molecule has 12 heteroatoms. The van der Waals surface area contributed by atoms with Gasteiger partial charge in [-0.3, -0.25) is 24.0 Å². The zero-order valence-corrected chi connectivity index (χ0v) is 22.6. The summed E-state index contributed by atoms with van der Waals surface area (Å²) < 4.78 is 5.67. The maximum Gasteiger partial charge on any atom is 0.303 e. The quantitative estimate of drug-likeness (QED) is 0.198. The van der Waals surface area contributed by atoms with E-state index in [0.717, 1.165) is 0 Å². The van der Waals surface area contributed by atoms with Crippen molar-refractivity contribution in [1.82, 2.24) is 5.32 Å². The Bertz CT molecular complexity index is 948. The molecule has 0 fully saturated rings. The van der Waals surface area contributed by atoms with Crippen molar-refractivity contribution < 1.29 is 28.7 Å². The lowest BCUT2D eigenvalue weighted by molar-refractivity contribution is -0.145. The summed E-state index contributed by atoms with van der Waals surface area (Å²) in [6, 6.07) is 0. The smallest absolute Gasteiger partial charge is 0.303 e. The first kappa shape index (κ1) is 26.2. The number of likely N-dealkylation sites (N-methyl/N-ethyl adjacent to an activating group) is 1. The summed E-state index contributed by atoms with van der Waals surface area (Å²) >= 11 is 11.3. The first-order chi connectivity index (χ1) is 13.3.